The highest BCUT2D eigenvalue weighted by molar-refractivity contribution is 5.99. The minimum absolute atomic E-state index is 0.0613. The van der Waals surface area contributed by atoms with Crippen LogP contribution in [0.5, 0.6) is 0 Å². The Kier molecular flexibility index (Phi) is 9.07. The van der Waals surface area contributed by atoms with E-state index in [1.54, 1.807) is 4.90 Å². The lowest BCUT2D eigenvalue weighted by Crippen LogP contribution is -2.41. The molecule has 1 saturated heterocycles. The van der Waals surface area contributed by atoms with Gasteiger partial charge in [0.1, 0.15) is 0 Å². The van der Waals surface area contributed by atoms with Gasteiger partial charge in [-0.15, -0.1) is 0 Å². The molecule has 1 fully saturated rings. The quantitative estimate of drug-likeness (QED) is 0.501. The molecule has 0 radical (unpaired) electrons. The van der Waals surface area contributed by atoms with Gasteiger partial charge in [0.25, 0.3) is 11.5 Å². The van der Waals surface area contributed by atoms with E-state index in [9.17, 15) is 14.4 Å². The highest BCUT2D eigenvalue weighted by Gasteiger charge is 2.28. The molecule has 1 aromatic heterocycles. The van der Waals surface area contributed by atoms with Crippen molar-refractivity contribution in [3.63, 3.8) is 0 Å². The summed E-state index contributed by atoms with van der Waals surface area (Å²) in [6.45, 7) is 15.1. The Bertz CT molecular complexity index is 1340. The fourth-order valence-corrected chi connectivity index (χ4v) is 5.78. The van der Waals surface area contributed by atoms with Gasteiger partial charge < -0.3 is 24.8 Å². The maximum absolute atomic E-state index is 13.5. The summed E-state index contributed by atoms with van der Waals surface area (Å²) in [7, 11) is 0. The number of carbonyl (C=O) groups is 2. The van der Waals surface area contributed by atoms with E-state index in [4.69, 9.17) is 4.74 Å². The molecule has 0 atom stereocenters. The zero-order valence-electron chi connectivity index (χ0n) is 23.6. The van der Waals surface area contributed by atoms with Gasteiger partial charge >= 0.3 is 0 Å². The number of rotatable bonds is 8. The van der Waals surface area contributed by atoms with E-state index in [-0.39, 0.29) is 23.9 Å². The Morgan fingerprint density at radius 3 is 2.59 bits per heavy atom. The molecule has 8 nitrogen and oxygen atoms in total. The molecule has 0 unspecified atom stereocenters. The van der Waals surface area contributed by atoms with Gasteiger partial charge in [-0.2, -0.15) is 0 Å². The van der Waals surface area contributed by atoms with Crippen molar-refractivity contribution in [2.45, 2.75) is 59.5 Å². The molecule has 39 heavy (non-hydrogen) atoms. The molecule has 3 heterocycles. The van der Waals surface area contributed by atoms with Crippen molar-refractivity contribution < 1.29 is 14.3 Å². The summed E-state index contributed by atoms with van der Waals surface area (Å²) in [5.41, 5.74) is 6.90. The van der Waals surface area contributed by atoms with Crippen LogP contribution in [0, 0.1) is 20.8 Å². The summed E-state index contributed by atoms with van der Waals surface area (Å²) in [6.07, 6.45) is 6.07. The second-order valence-electron chi connectivity index (χ2n) is 10.4. The lowest BCUT2D eigenvalue weighted by atomic mass is 9.91. The minimum Gasteiger partial charge on any atom is -0.381 e. The molecule has 2 aromatic rings. The normalized spacial score (nSPS) is 16.0. The van der Waals surface area contributed by atoms with Gasteiger partial charge in [-0.3, -0.25) is 14.4 Å². The Labute approximate surface area is 230 Å². The molecule has 0 spiro atoms. The van der Waals surface area contributed by atoms with E-state index in [0.29, 0.717) is 30.3 Å². The first kappa shape index (κ1) is 28.4. The van der Waals surface area contributed by atoms with Crippen molar-refractivity contribution in [2.24, 2.45) is 0 Å². The first-order valence-corrected chi connectivity index (χ1v) is 13.8. The zero-order chi connectivity index (χ0) is 28.1. The molecule has 2 aliphatic heterocycles. The van der Waals surface area contributed by atoms with Crippen molar-refractivity contribution in [1.82, 2.24) is 15.2 Å². The standard InChI is InChI=1S/C31H40N4O4/c1-6-28(36)34-14-10-23(11-15-34)26-9-8-25(22(5)29(26)35(7-2)24-12-16-39-17-13-24)30(37)32-19-27-20(3)18-21(4)33-31(27)38/h6,8-10,18,24H,1,7,11-17,19H2,2-5H3,(H,32,37)(H,33,38). The van der Waals surface area contributed by atoms with Crippen molar-refractivity contribution in [2.75, 3.05) is 37.7 Å². The van der Waals surface area contributed by atoms with E-state index in [0.717, 1.165) is 67.1 Å². The van der Waals surface area contributed by atoms with E-state index in [1.165, 1.54) is 11.6 Å². The van der Waals surface area contributed by atoms with Gasteiger partial charge in [0.05, 0.1) is 0 Å². The van der Waals surface area contributed by atoms with Crippen LogP contribution >= 0.6 is 0 Å². The summed E-state index contributed by atoms with van der Waals surface area (Å²) >= 11 is 0. The Morgan fingerprint density at radius 1 is 1.23 bits per heavy atom. The summed E-state index contributed by atoms with van der Waals surface area (Å²) in [4.78, 5) is 45.1. The number of carbonyl (C=O) groups excluding carboxylic acids is 2. The second-order valence-corrected chi connectivity index (χ2v) is 10.4. The third kappa shape index (κ3) is 6.17. The number of H-pyrrole nitrogens is 1. The van der Waals surface area contributed by atoms with Crippen molar-refractivity contribution in [3.8, 4) is 0 Å². The number of ether oxygens (including phenoxy) is 1. The monoisotopic (exact) mass is 532 g/mol. The average Bonchev–Trinajstić information content (AvgIpc) is 2.93. The molecule has 4 rings (SSSR count). The molecular formula is C31H40N4O4. The van der Waals surface area contributed by atoms with Gasteiger partial charge in [-0.25, -0.2) is 0 Å². The van der Waals surface area contributed by atoms with Crippen molar-refractivity contribution in [1.29, 1.82) is 0 Å². The van der Waals surface area contributed by atoms with Crippen LogP contribution in [0.25, 0.3) is 5.57 Å². The summed E-state index contributed by atoms with van der Waals surface area (Å²) < 4.78 is 5.64. The fourth-order valence-electron chi connectivity index (χ4n) is 5.78. The number of benzene rings is 1. The van der Waals surface area contributed by atoms with Gasteiger partial charge in [0, 0.05) is 73.5 Å². The van der Waals surface area contributed by atoms with Gasteiger partial charge in [0.15, 0.2) is 0 Å². The molecule has 2 N–H and O–H groups in total. The Morgan fingerprint density at radius 2 is 1.97 bits per heavy atom. The van der Waals surface area contributed by atoms with Gasteiger partial charge in [0.2, 0.25) is 5.91 Å². The molecule has 0 bridgehead atoms. The first-order chi connectivity index (χ1) is 18.7. The highest BCUT2D eigenvalue weighted by Crippen LogP contribution is 2.38. The van der Waals surface area contributed by atoms with Crippen LogP contribution in [0.2, 0.25) is 0 Å². The largest absolute Gasteiger partial charge is 0.381 e. The molecule has 8 heteroatoms. The number of nitrogens with zero attached hydrogens (tertiary/aromatic N) is 2. The van der Waals surface area contributed by atoms with Crippen LogP contribution in [0.3, 0.4) is 0 Å². The number of hydrogen-bond acceptors (Lipinski definition) is 5. The highest BCUT2D eigenvalue weighted by atomic mass is 16.5. The minimum atomic E-state index is -0.205. The van der Waals surface area contributed by atoms with E-state index in [2.05, 4.69) is 34.8 Å². The Hall–Kier alpha value is -3.65. The summed E-state index contributed by atoms with van der Waals surface area (Å²) in [5, 5.41) is 2.98. The molecule has 1 aromatic carbocycles. The number of anilines is 1. The maximum Gasteiger partial charge on any atom is 0.253 e. The van der Waals surface area contributed by atoms with Crippen LogP contribution < -0.4 is 15.8 Å². The zero-order valence-corrected chi connectivity index (χ0v) is 23.6. The molecule has 208 valence electrons. The number of aromatic amines is 1. The van der Waals surface area contributed by atoms with Crippen LogP contribution in [-0.4, -0.2) is 60.6 Å². The van der Waals surface area contributed by atoms with Crippen LogP contribution in [0.4, 0.5) is 5.69 Å². The second kappa shape index (κ2) is 12.5. The van der Waals surface area contributed by atoms with Gasteiger partial charge in [-0.1, -0.05) is 18.7 Å². The third-order valence-electron chi connectivity index (χ3n) is 7.90. The number of nitrogens with one attached hydrogen (secondary N) is 2. The predicted octanol–water partition coefficient (Wildman–Crippen LogP) is 4.04. The molecule has 0 saturated carbocycles. The van der Waals surface area contributed by atoms with Gasteiger partial charge in [-0.05, 0) is 81.9 Å². The Balaban J connectivity index is 1.69. The van der Waals surface area contributed by atoms with Crippen LogP contribution in [-0.2, 0) is 16.1 Å². The molecule has 2 amide bonds. The molecule has 0 aliphatic carbocycles. The van der Waals surface area contributed by atoms with Crippen LogP contribution in [0.1, 0.15) is 64.5 Å². The van der Waals surface area contributed by atoms with Crippen molar-refractivity contribution in [3.05, 3.63) is 80.8 Å². The van der Waals surface area contributed by atoms with E-state index in [1.807, 2.05) is 39.0 Å². The SMILES string of the molecule is C=CC(=O)N1CC=C(c2ccc(C(=O)NCc3c(C)cc(C)[nH]c3=O)c(C)c2N(CC)C2CCOCC2)CC1. The van der Waals surface area contributed by atoms with Crippen LogP contribution in [0.15, 0.2) is 41.7 Å². The fraction of sp³-hybridized carbons (Fsp3) is 0.452. The molecular weight excluding hydrogens is 492 g/mol. The molecule has 2 aliphatic rings. The number of aromatic nitrogens is 1. The maximum atomic E-state index is 13.5. The first-order valence-electron chi connectivity index (χ1n) is 13.8. The van der Waals surface area contributed by atoms with E-state index < -0.39 is 0 Å². The number of aryl methyl sites for hydroxylation is 2. The lowest BCUT2D eigenvalue weighted by Gasteiger charge is -2.38. The lowest BCUT2D eigenvalue weighted by molar-refractivity contribution is -0.125. The summed E-state index contributed by atoms with van der Waals surface area (Å²) in [5.74, 6) is -0.267. The number of pyridine rings is 1. The third-order valence-corrected chi connectivity index (χ3v) is 7.90. The predicted molar refractivity (Wildman–Crippen MR) is 155 cm³/mol. The topological polar surface area (TPSA) is 94.7 Å². The number of amides is 2. The smallest absolute Gasteiger partial charge is 0.253 e. The van der Waals surface area contributed by atoms with Crippen molar-refractivity contribution >= 4 is 23.1 Å². The summed E-state index contributed by atoms with van der Waals surface area (Å²) in [6, 6.07) is 6.15. The van der Waals surface area contributed by atoms with E-state index >= 15 is 0 Å². The number of hydrogen-bond donors (Lipinski definition) is 2. The average molecular weight is 533 g/mol.